The normalized spacial score (nSPS) is 20.8. The Morgan fingerprint density at radius 3 is 2.71 bits per heavy atom. The Balaban J connectivity index is 1.48. The molecule has 132 valence electrons. The van der Waals surface area contributed by atoms with E-state index in [9.17, 15) is 9.18 Å². The molecule has 1 saturated carbocycles. The van der Waals surface area contributed by atoms with Crippen LogP contribution in [-0.4, -0.2) is 53.4 Å². The third kappa shape index (κ3) is 4.76. The Kier molecular flexibility index (Phi) is 6.18. The number of carbonyl (C=O) groups excluding carboxylic acids is 1. The van der Waals surface area contributed by atoms with Crippen LogP contribution in [0.4, 0.5) is 4.39 Å². The summed E-state index contributed by atoms with van der Waals surface area (Å²) in [5, 5.41) is 0. The standard InChI is InChI=1S/C19H28FN3O/c20-18-13-17(14-21-15-18)19(24)23-9-4-8-22(11-12-23)10-7-16-5-2-1-3-6-16/h13-16H,1-12H2. The molecular weight excluding hydrogens is 305 g/mol. The summed E-state index contributed by atoms with van der Waals surface area (Å²) >= 11 is 0. The molecule has 1 aliphatic carbocycles. The van der Waals surface area contributed by atoms with Gasteiger partial charge >= 0.3 is 0 Å². The summed E-state index contributed by atoms with van der Waals surface area (Å²) in [4.78, 5) is 20.6. The first-order valence-corrected chi connectivity index (χ1v) is 9.34. The molecular formula is C19H28FN3O. The maximum Gasteiger partial charge on any atom is 0.255 e. The van der Waals surface area contributed by atoms with Gasteiger partial charge in [-0.15, -0.1) is 0 Å². The summed E-state index contributed by atoms with van der Waals surface area (Å²) in [6.07, 6.45) is 11.9. The fourth-order valence-corrected chi connectivity index (χ4v) is 3.95. The smallest absolute Gasteiger partial charge is 0.255 e. The highest BCUT2D eigenvalue weighted by Crippen LogP contribution is 2.26. The van der Waals surface area contributed by atoms with Crippen LogP contribution in [0.25, 0.3) is 0 Å². The lowest BCUT2D eigenvalue weighted by Gasteiger charge is -2.26. The molecule has 0 spiro atoms. The Bertz CT molecular complexity index is 545. The van der Waals surface area contributed by atoms with E-state index < -0.39 is 5.82 Å². The number of pyridine rings is 1. The Hall–Kier alpha value is -1.49. The van der Waals surface area contributed by atoms with Crippen LogP contribution in [0.15, 0.2) is 18.5 Å². The van der Waals surface area contributed by atoms with Gasteiger partial charge in [-0.25, -0.2) is 4.39 Å². The number of carbonyl (C=O) groups is 1. The lowest BCUT2D eigenvalue weighted by molar-refractivity contribution is 0.0760. The predicted octanol–water partition coefficient (Wildman–Crippen LogP) is 3.34. The fourth-order valence-electron chi connectivity index (χ4n) is 3.95. The Labute approximate surface area is 144 Å². The van der Waals surface area contributed by atoms with Gasteiger partial charge in [-0.2, -0.15) is 0 Å². The monoisotopic (exact) mass is 333 g/mol. The molecule has 2 heterocycles. The van der Waals surface area contributed by atoms with Gasteiger partial charge in [0, 0.05) is 25.8 Å². The van der Waals surface area contributed by atoms with Crippen LogP contribution >= 0.6 is 0 Å². The van der Waals surface area contributed by atoms with Gasteiger partial charge in [0.05, 0.1) is 11.8 Å². The van der Waals surface area contributed by atoms with Crippen molar-refractivity contribution >= 4 is 5.91 Å². The zero-order valence-electron chi connectivity index (χ0n) is 14.4. The average Bonchev–Trinajstić information content (AvgIpc) is 2.86. The third-order valence-corrected chi connectivity index (χ3v) is 5.41. The van der Waals surface area contributed by atoms with Crippen molar-refractivity contribution in [3.8, 4) is 0 Å². The third-order valence-electron chi connectivity index (χ3n) is 5.41. The van der Waals surface area contributed by atoms with Crippen molar-refractivity contribution in [1.29, 1.82) is 0 Å². The van der Waals surface area contributed by atoms with Gasteiger partial charge in [0.1, 0.15) is 5.82 Å². The van der Waals surface area contributed by atoms with Gasteiger partial charge in [-0.3, -0.25) is 9.78 Å². The molecule has 0 aromatic carbocycles. The second-order valence-electron chi connectivity index (χ2n) is 7.17. The van der Waals surface area contributed by atoms with Crippen molar-refractivity contribution < 1.29 is 9.18 Å². The molecule has 2 fully saturated rings. The van der Waals surface area contributed by atoms with Crippen LogP contribution in [0.2, 0.25) is 0 Å². The van der Waals surface area contributed by atoms with Crippen LogP contribution in [0, 0.1) is 11.7 Å². The maximum absolute atomic E-state index is 13.3. The second kappa shape index (κ2) is 8.56. The van der Waals surface area contributed by atoms with Gasteiger partial charge in [-0.1, -0.05) is 32.1 Å². The molecule has 0 radical (unpaired) electrons. The van der Waals surface area contributed by atoms with E-state index in [1.54, 1.807) is 0 Å². The lowest BCUT2D eigenvalue weighted by atomic mass is 9.87. The molecule has 0 N–H and O–H groups in total. The maximum atomic E-state index is 13.3. The summed E-state index contributed by atoms with van der Waals surface area (Å²) in [6.45, 7) is 4.59. The van der Waals surface area contributed by atoms with E-state index >= 15 is 0 Å². The summed E-state index contributed by atoms with van der Waals surface area (Å²) in [6, 6.07) is 1.28. The minimum absolute atomic E-state index is 0.101. The SMILES string of the molecule is O=C(c1cncc(F)c1)N1CCCN(CCC2CCCCC2)CC1. The van der Waals surface area contributed by atoms with E-state index in [0.717, 1.165) is 51.3 Å². The quantitative estimate of drug-likeness (QED) is 0.848. The minimum atomic E-state index is -0.454. The molecule has 0 unspecified atom stereocenters. The number of hydrogen-bond donors (Lipinski definition) is 0. The topological polar surface area (TPSA) is 36.4 Å². The molecule has 1 aromatic rings. The van der Waals surface area contributed by atoms with Crippen molar-refractivity contribution in [2.24, 2.45) is 5.92 Å². The van der Waals surface area contributed by atoms with Gasteiger partial charge in [0.25, 0.3) is 5.91 Å². The molecule has 0 atom stereocenters. The summed E-state index contributed by atoms with van der Waals surface area (Å²) in [7, 11) is 0. The van der Waals surface area contributed by atoms with Crippen LogP contribution in [0.3, 0.4) is 0 Å². The molecule has 1 aromatic heterocycles. The molecule has 24 heavy (non-hydrogen) atoms. The van der Waals surface area contributed by atoms with Crippen LogP contribution in [0.1, 0.15) is 55.3 Å². The van der Waals surface area contributed by atoms with Crippen LogP contribution < -0.4 is 0 Å². The average molecular weight is 333 g/mol. The molecule has 4 nitrogen and oxygen atoms in total. The number of rotatable bonds is 4. The second-order valence-corrected chi connectivity index (χ2v) is 7.17. The van der Waals surface area contributed by atoms with Crippen molar-refractivity contribution in [2.75, 3.05) is 32.7 Å². The molecule has 0 bridgehead atoms. The Morgan fingerprint density at radius 1 is 1.08 bits per heavy atom. The van der Waals surface area contributed by atoms with E-state index in [-0.39, 0.29) is 5.91 Å². The highest BCUT2D eigenvalue weighted by atomic mass is 19.1. The molecule has 3 rings (SSSR count). The zero-order valence-corrected chi connectivity index (χ0v) is 14.4. The number of nitrogens with zero attached hydrogens (tertiary/aromatic N) is 3. The highest BCUT2D eigenvalue weighted by molar-refractivity contribution is 5.93. The fraction of sp³-hybridized carbons (Fsp3) is 0.684. The number of amides is 1. The summed E-state index contributed by atoms with van der Waals surface area (Å²) in [5.74, 6) is 0.346. The highest BCUT2D eigenvalue weighted by Gasteiger charge is 2.22. The number of hydrogen-bond acceptors (Lipinski definition) is 3. The van der Waals surface area contributed by atoms with Crippen molar-refractivity contribution in [3.63, 3.8) is 0 Å². The van der Waals surface area contributed by atoms with Crippen LogP contribution in [0.5, 0.6) is 0 Å². The molecule has 5 heteroatoms. The molecule has 1 saturated heterocycles. The number of aromatic nitrogens is 1. The molecule has 2 aliphatic rings. The van der Waals surface area contributed by atoms with Gasteiger partial charge in [0.15, 0.2) is 0 Å². The van der Waals surface area contributed by atoms with E-state index in [4.69, 9.17) is 0 Å². The first-order chi connectivity index (χ1) is 11.7. The largest absolute Gasteiger partial charge is 0.337 e. The van der Waals surface area contributed by atoms with Gasteiger partial charge in [0.2, 0.25) is 0 Å². The van der Waals surface area contributed by atoms with Crippen molar-refractivity contribution in [2.45, 2.75) is 44.9 Å². The predicted molar refractivity (Wildman–Crippen MR) is 92.3 cm³/mol. The first-order valence-electron chi connectivity index (χ1n) is 9.34. The van der Waals surface area contributed by atoms with E-state index in [1.807, 2.05) is 4.90 Å². The van der Waals surface area contributed by atoms with Crippen molar-refractivity contribution in [1.82, 2.24) is 14.8 Å². The van der Waals surface area contributed by atoms with Crippen LogP contribution in [-0.2, 0) is 0 Å². The zero-order chi connectivity index (χ0) is 16.8. The van der Waals surface area contributed by atoms with E-state index in [2.05, 4.69) is 9.88 Å². The van der Waals surface area contributed by atoms with Gasteiger partial charge < -0.3 is 9.80 Å². The lowest BCUT2D eigenvalue weighted by Crippen LogP contribution is -2.35. The number of halogens is 1. The Morgan fingerprint density at radius 2 is 1.92 bits per heavy atom. The minimum Gasteiger partial charge on any atom is -0.337 e. The van der Waals surface area contributed by atoms with Crippen molar-refractivity contribution in [3.05, 3.63) is 29.8 Å². The first kappa shape index (κ1) is 17.3. The van der Waals surface area contributed by atoms with E-state index in [0.29, 0.717) is 5.56 Å². The molecule has 1 aliphatic heterocycles. The molecule has 1 amide bonds. The summed E-state index contributed by atoms with van der Waals surface area (Å²) in [5.41, 5.74) is 0.352. The van der Waals surface area contributed by atoms with E-state index in [1.165, 1.54) is 50.8 Å². The van der Waals surface area contributed by atoms with Gasteiger partial charge in [-0.05, 0) is 37.9 Å². The summed E-state index contributed by atoms with van der Waals surface area (Å²) < 4.78 is 13.3.